The molecule has 0 radical (unpaired) electrons. The fourth-order valence-corrected chi connectivity index (χ4v) is 6.11. The fourth-order valence-electron chi connectivity index (χ4n) is 6.11. The highest BCUT2D eigenvalue weighted by molar-refractivity contribution is 5.68. The standard InChI is InChI=1S/C28H26O/c1-2-20-17-18-25-26(19-20)28(22-13-7-4-8-14-22)24-16-10-9-15-23(24)27(25,29-28)21-11-5-3-6-12-21/h3-16,20H,2,17-19H2,1H3. The van der Waals surface area contributed by atoms with E-state index in [2.05, 4.69) is 91.9 Å². The second kappa shape index (κ2) is 6.18. The molecule has 0 spiro atoms. The van der Waals surface area contributed by atoms with Crippen LogP contribution in [-0.2, 0) is 15.9 Å². The van der Waals surface area contributed by atoms with Gasteiger partial charge in [-0.05, 0) is 58.6 Å². The van der Waals surface area contributed by atoms with Crippen molar-refractivity contribution < 1.29 is 4.74 Å². The number of fused-ring (bicyclic) bond motifs is 7. The summed E-state index contributed by atoms with van der Waals surface area (Å²) in [4.78, 5) is 0. The van der Waals surface area contributed by atoms with Gasteiger partial charge in [0.15, 0.2) is 0 Å². The molecule has 144 valence electrons. The molecule has 0 amide bonds. The van der Waals surface area contributed by atoms with Gasteiger partial charge in [0.2, 0.25) is 0 Å². The summed E-state index contributed by atoms with van der Waals surface area (Å²) >= 11 is 0. The first-order valence-corrected chi connectivity index (χ1v) is 10.9. The highest BCUT2D eigenvalue weighted by Gasteiger charge is 2.65. The number of ether oxygens (including phenoxy) is 1. The van der Waals surface area contributed by atoms with Gasteiger partial charge in [-0.2, -0.15) is 0 Å². The quantitative estimate of drug-likeness (QED) is 0.459. The van der Waals surface area contributed by atoms with Gasteiger partial charge in [0, 0.05) is 0 Å². The van der Waals surface area contributed by atoms with E-state index in [1.165, 1.54) is 46.2 Å². The Morgan fingerprint density at radius 3 is 1.79 bits per heavy atom. The summed E-state index contributed by atoms with van der Waals surface area (Å²) in [6.45, 7) is 2.33. The lowest BCUT2D eigenvalue weighted by Crippen LogP contribution is -2.31. The summed E-state index contributed by atoms with van der Waals surface area (Å²) in [5.41, 5.74) is 7.38. The van der Waals surface area contributed by atoms with Crippen molar-refractivity contribution in [3.8, 4) is 0 Å². The summed E-state index contributed by atoms with van der Waals surface area (Å²) < 4.78 is 7.36. The lowest BCUT2D eigenvalue weighted by Gasteiger charge is -2.37. The maximum absolute atomic E-state index is 7.36. The number of benzene rings is 3. The van der Waals surface area contributed by atoms with Gasteiger partial charge < -0.3 is 4.74 Å². The Morgan fingerprint density at radius 2 is 1.24 bits per heavy atom. The van der Waals surface area contributed by atoms with Crippen molar-refractivity contribution in [2.75, 3.05) is 0 Å². The first-order valence-electron chi connectivity index (χ1n) is 10.9. The molecule has 3 aliphatic rings. The molecule has 3 aromatic rings. The average molecular weight is 379 g/mol. The first kappa shape index (κ1) is 17.2. The molecule has 6 rings (SSSR count). The monoisotopic (exact) mass is 378 g/mol. The van der Waals surface area contributed by atoms with Gasteiger partial charge in [-0.1, -0.05) is 98.3 Å². The fraction of sp³-hybridized carbons (Fsp3) is 0.286. The van der Waals surface area contributed by atoms with Gasteiger partial charge >= 0.3 is 0 Å². The number of hydrogen-bond donors (Lipinski definition) is 0. The predicted octanol–water partition coefficient (Wildman–Crippen LogP) is 6.72. The summed E-state index contributed by atoms with van der Waals surface area (Å²) in [6.07, 6.45) is 4.78. The second-order valence-electron chi connectivity index (χ2n) is 8.72. The molecule has 1 heteroatoms. The molecule has 3 aromatic carbocycles. The van der Waals surface area contributed by atoms with Gasteiger partial charge in [0.1, 0.15) is 11.2 Å². The maximum atomic E-state index is 7.36. The Bertz CT molecular complexity index is 1100. The van der Waals surface area contributed by atoms with Crippen molar-refractivity contribution in [1.82, 2.24) is 0 Å². The van der Waals surface area contributed by atoms with Crippen molar-refractivity contribution in [1.29, 1.82) is 0 Å². The van der Waals surface area contributed by atoms with Gasteiger partial charge in [0.05, 0.1) is 0 Å². The molecule has 0 saturated heterocycles. The van der Waals surface area contributed by atoms with Gasteiger partial charge in [0.25, 0.3) is 0 Å². The van der Waals surface area contributed by atoms with E-state index in [0.29, 0.717) is 0 Å². The SMILES string of the molecule is CCC1CCC2=C(C1)C1(c3ccccc3)OC2(c2ccccc2)c2ccccc21. The van der Waals surface area contributed by atoms with Crippen LogP contribution in [0.2, 0.25) is 0 Å². The Hall–Kier alpha value is -2.64. The Morgan fingerprint density at radius 1 is 0.724 bits per heavy atom. The molecule has 0 aromatic heterocycles. The van der Waals surface area contributed by atoms with Crippen LogP contribution in [0.25, 0.3) is 0 Å². The highest BCUT2D eigenvalue weighted by atomic mass is 16.5. The zero-order valence-electron chi connectivity index (χ0n) is 16.9. The van der Waals surface area contributed by atoms with Gasteiger partial charge in [-0.25, -0.2) is 0 Å². The van der Waals surface area contributed by atoms with Crippen molar-refractivity contribution in [2.24, 2.45) is 5.92 Å². The molecule has 1 nitrogen and oxygen atoms in total. The van der Waals surface area contributed by atoms with E-state index in [1.54, 1.807) is 0 Å². The number of hydrogen-bond acceptors (Lipinski definition) is 1. The van der Waals surface area contributed by atoms with Gasteiger partial charge in [-0.3, -0.25) is 0 Å². The van der Waals surface area contributed by atoms with Gasteiger partial charge in [-0.15, -0.1) is 0 Å². The second-order valence-corrected chi connectivity index (χ2v) is 8.72. The molecular weight excluding hydrogens is 352 g/mol. The van der Waals surface area contributed by atoms with Crippen LogP contribution in [0.3, 0.4) is 0 Å². The Balaban J connectivity index is 1.70. The van der Waals surface area contributed by atoms with E-state index in [0.717, 1.165) is 18.8 Å². The zero-order valence-corrected chi connectivity index (χ0v) is 16.9. The molecule has 29 heavy (non-hydrogen) atoms. The molecule has 0 N–H and O–H groups in total. The third-order valence-electron chi connectivity index (χ3n) is 7.44. The van der Waals surface area contributed by atoms with E-state index in [1.807, 2.05) is 0 Å². The molecule has 3 atom stereocenters. The summed E-state index contributed by atoms with van der Waals surface area (Å²) in [5, 5.41) is 0. The smallest absolute Gasteiger partial charge is 0.142 e. The number of rotatable bonds is 3. The molecular formula is C28H26O. The first-order chi connectivity index (χ1) is 14.3. The van der Waals surface area contributed by atoms with E-state index < -0.39 is 11.2 Å². The van der Waals surface area contributed by atoms with Crippen LogP contribution in [-0.4, -0.2) is 0 Å². The third-order valence-corrected chi connectivity index (χ3v) is 7.44. The van der Waals surface area contributed by atoms with Crippen molar-refractivity contribution in [3.05, 3.63) is 118 Å². The largest absolute Gasteiger partial charge is 0.341 e. The summed E-state index contributed by atoms with van der Waals surface area (Å²) in [6, 6.07) is 30.7. The Labute approximate surface area is 173 Å². The van der Waals surface area contributed by atoms with Crippen molar-refractivity contribution >= 4 is 0 Å². The predicted molar refractivity (Wildman–Crippen MR) is 117 cm³/mol. The van der Waals surface area contributed by atoms with Crippen LogP contribution >= 0.6 is 0 Å². The molecule has 3 unspecified atom stereocenters. The average Bonchev–Trinajstić information content (AvgIpc) is 3.30. The normalized spacial score (nSPS) is 29.6. The highest BCUT2D eigenvalue weighted by Crippen LogP contribution is 2.68. The van der Waals surface area contributed by atoms with Crippen LogP contribution in [0.1, 0.15) is 54.9 Å². The van der Waals surface area contributed by atoms with E-state index in [-0.39, 0.29) is 0 Å². The summed E-state index contributed by atoms with van der Waals surface area (Å²) in [5.74, 6) is 0.747. The van der Waals surface area contributed by atoms with E-state index >= 15 is 0 Å². The van der Waals surface area contributed by atoms with E-state index in [4.69, 9.17) is 4.74 Å². The van der Waals surface area contributed by atoms with E-state index in [9.17, 15) is 0 Å². The molecule has 0 saturated carbocycles. The minimum absolute atomic E-state index is 0.443. The Kier molecular flexibility index (Phi) is 3.67. The topological polar surface area (TPSA) is 9.23 Å². The minimum Gasteiger partial charge on any atom is -0.341 e. The molecule has 1 aliphatic carbocycles. The minimum atomic E-state index is -0.448. The van der Waals surface area contributed by atoms with Crippen LogP contribution in [0.4, 0.5) is 0 Å². The van der Waals surface area contributed by atoms with Crippen LogP contribution in [0.5, 0.6) is 0 Å². The summed E-state index contributed by atoms with van der Waals surface area (Å²) in [7, 11) is 0. The van der Waals surface area contributed by atoms with Crippen molar-refractivity contribution in [2.45, 2.75) is 43.8 Å². The zero-order chi connectivity index (χ0) is 19.5. The molecule has 2 bridgehead atoms. The van der Waals surface area contributed by atoms with Crippen molar-refractivity contribution in [3.63, 3.8) is 0 Å². The molecule has 0 fully saturated rings. The maximum Gasteiger partial charge on any atom is 0.142 e. The lowest BCUT2D eigenvalue weighted by atomic mass is 9.63. The third kappa shape index (κ3) is 2.09. The molecule has 2 heterocycles. The molecule has 2 aliphatic heterocycles. The van der Waals surface area contributed by atoms with Crippen LogP contribution in [0, 0.1) is 5.92 Å². The lowest BCUT2D eigenvalue weighted by molar-refractivity contribution is -0.0335. The van der Waals surface area contributed by atoms with Crippen LogP contribution < -0.4 is 0 Å². The van der Waals surface area contributed by atoms with Crippen LogP contribution in [0.15, 0.2) is 96.1 Å².